The molecule has 1 aromatic carbocycles. The van der Waals surface area contributed by atoms with Crippen LogP contribution < -0.4 is 0 Å². The summed E-state index contributed by atoms with van der Waals surface area (Å²) in [7, 11) is 0. The molecule has 3 nitrogen and oxygen atoms in total. The molecule has 0 saturated heterocycles. The third-order valence-electron chi connectivity index (χ3n) is 3.29. The number of aromatic nitrogens is 1. The van der Waals surface area contributed by atoms with Gasteiger partial charge in [0.25, 0.3) is 0 Å². The minimum absolute atomic E-state index is 0.200. The monoisotopic (exact) mass is 321 g/mol. The highest BCUT2D eigenvalue weighted by molar-refractivity contribution is 9.10. The van der Waals surface area contributed by atoms with E-state index in [1.165, 1.54) is 0 Å². The molecule has 0 aliphatic carbocycles. The molecule has 0 bridgehead atoms. The molecule has 100 valence electrons. The summed E-state index contributed by atoms with van der Waals surface area (Å²) in [4.78, 5) is 16.3. The fourth-order valence-electron chi connectivity index (χ4n) is 2.45. The maximum absolute atomic E-state index is 11.6. The van der Waals surface area contributed by atoms with Crippen molar-refractivity contribution in [3.63, 3.8) is 0 Å². The van der Waals surface area contributed by atoms with Gasteiger partial charge in [0, 0.05) is 15.6 Å². The first-order chi connectivity index (χ1) is 8.82. The minimum atomic E-state index is -0.899. The molecule has 0 atom stereocenters. The first kappa shape index (κ1) is 14.0. The standard InChI is InChI=1S/C15H16BrNO2/c1-7(2)13-9(4)12(15(18)19)11-6-10(16)5-8(3)14(11)17-13/h5-7H,1-4H3,(H,18,19). The van der Waals surface area contributed by atoms with Gasteiger partial charge in [-0.25, -0.2) is 4.79 Å². The number of carbonyl (C=O) groups is 1. The molecular weight excluding hydrogens is 306 g/mol. The average Bonchev–Trinajstić information content (AvgIpc) is 2.26. The highest BCUT2D eigenvalue weighted by Crippen LogP contribution is 2.31. The van der Waals surface area contributed by atoms with Crippen LogP contribution in [0.3, 0.4) is 0 Å². The first-order valence-electron chi connectivity index (χ1n) is 6.16. The number of hydrogen-bond donors (Lipinski definition) is 1. The number of rotatable bonds is 2. The summed E-state index contributed by atoms with van der Waals surface area (Å²) >= 11 is 3.42. The van der Waals surface area contributed by atoms with Crippen LogP contribution in [0, 0.1) is 13.8 Å². The fraction of sp³-hybridized carbons (Fsp3) is 0.333. The molecule has 1 N–H and O–H groups in total. The van der Waals surface area contributed by atoms with Gasteiger partial charge in [-0.05, 0) is 43.0 Å². The summed E-state index contributed by atoms with van der Waals surface area (Å²) in [5, 5.41) is 10.2. The number of aryl methyl sites for hydroxylation is 1. The maximum Gasteiger partial charge on any atom is 0.336 e. The number of nitrogens with zero attached hydrogens (tertiary/aromatic N) is 1. The lowest BCUT2D eigenvalue weighted by atomic mass is 9.95. The van der Waals surface area contributed by atoms with Crippen LogP contribution in [0.5, 0.6) is 0 Å². The van der Waals surface area contributed by atoms with Crippen molar-refractivity contribution < 1.29 is 9.90 Å². The van der Waals surface area contributed by atoms with Crippen molar-refractivity contribution in [2.45, 2.75) is 33.6 Å². The Morgan fingerprint density at radius 3 is 2.47 bits per heavy atom. The lowest BCUT2D eigenvalue weighted by Gasteiger charge is -2.15. The summed E-state index contributed by atoms with van der Waals surface area (Å²) in [5.41, 5.74) is 3.73. The van der Waals surface area contributed by atoms with Crippen molar-refractivity contribution in [2.75, 3.05) is 0 Å². The summed E-state index contributed by atoms with van der Waals surface area (Å²) in [6.07, 6.45) is 0. The zero-order chi connectivity index (χ0) is 14.3. The Morgan fingerprint density at radius 2 is 1.95 bits per heavy atom. The lowest BCUT2D eigenvalue weighted by Crippen LogP contribution is -2.08. The largest absolute Gasteiger partial charge is 0.478 e. The summed E-state index contributed by atoms with van der Waals surface area (Å²) in [5.74, 6) is -0.699. The SMILES string of the molecule is Cc1c(C(C)C)nc2c(C)cc(Br)cc2c1C(=O)O. The Morgan fingerprint density at radius 1 is 1.32 bits per heavy atom. The van der Waals surface area contributed by atoms with E-state index in [1.807, 2.05) is 39.8 Å². The number of pyridine rings is 1. The molecule has 0 saturated carbocycles. The van der Waals surface area contributed by atoms with Gasteiger partial charge in [0.15, 0.2) is 0 Å². The fourth-order valence-corrected chi connectivity index (χ4v) is 3.02. The van der Waals surface area contributed by atoms with Gasteiger partial charge < -0.3 is 5.11 Å². The molecule has 0 unspecified atom stereocenters. The normalized spacial score (nSPS) is 11.3. The molecule has 0 radical (unpaired) electrons. The molecule has 0 spiro atoms. The Balaban J connectivity index is 3.00. The van der Waals surface area contributed by atoms with Crippen LogP contribution in [0.25, 0.3) is 10.9 Å². The van der Waals surface area contributed by atoms with Crippen LogP contribution in [-0.4, -0.2) is 16.1 Å². The van der Waals surface area contributed by atoms with E-state index >= 15 is 0 Å². The van der Waals surface area contributed by atoms with Gasteiger partial charge >= 0.3 is 5.97 Å². The van der Waals surface area contributed by atoms with E-state index < -0.39 is 5.97 Å². The molecule has 0 aliphatic rings. The molecule has 0 fully saturated rings. The van der Waals surface area contributed by atoms with Crippen LogP contribution >= 0.6 is 15.9 Å². The van der Waals surface area contributed by atoms with Crippen LogP contribution in [0.4, 0.5) is 0 Å². The van der Waals surface area contributed by atoms with Crippen molar-refractivity contribution in [3.05, 3.63) is 39.0 Å². The topological polar surface area (TPSA) is 50.2 Å². The minimum Gasteiger partial charge on any atom is -0.478 e. The van der Waals surface area contributed by atoms with Crippen molar-refractivity contribution in [2.24, 2.45) is 0 Å². The second-order valence-corrected chi connectivity index (χ2v) is 5.99. The Bertz CT molecular complexity index is 678. The molecular formula is C15H16BrNO2. The maximum atomic E-state index is 11.6. The van der Waals surface area contributed by atoms with Crippen LogP contribution in [0.1, 0.15) is 46.9 Å². The second-order valence-electron chi connectivity index (χ2n) is 5.08. The zero-order valence-electron chi connectivity index (χ0n) is 11.4. The third-order valence-corrected chi connectivity index (χ3v) is 3.74. The van der Waals surface area contributed by atoms with E-state index in [2.05, 4.69) is 20.9 Å². The molecule has 4 heteroatoms. The average molecular weight is 322 g/mol. The Hall–Kier alpha value is -1.42. The number of halogens is 1. The third kappa shape index (κ3) is 2.37. The molecule has 1 heterocycles. The molecule has 1 aromatic heterocycles. The summed E-state index contributed by atoms with van der Waals surface area (Å²) in [6, 6.07) is 3.79. The first-order valence-corrected chi connectivity index (χ1v) is 6.96. The molecule has 2 rings (SSSR count). The van der Waals surface area contributed by atoms with E-state index in [0.29, 0.717) is 10.9 Å². The predicted molar refractivity (Wildman–Crippen MR) is 80.0 cm³/mol. The number of hydrogen-bond acceptors (Lipinski definition) is 2. The Labute approximate surface area is 120 Å². The predicted octanol–water partition coefficient (Wildman–Crippen LogP) is 4.44. The smallest absolute Gasteiger partial charge is 0.336 e. The van der Waals surface area contributed by atoms with Crippen molar-refractivity contribution in [1.82, 2.24) is 4.98 Å². The Kier molecular flexibility index (Phi) is 3.63. The quantitative estimate of drug-likeness (QED) is 0.889. The van der Waals surface area contributed by atoms with Gasteiger partial charge in [-0.1, -0.05) is 29.8 Å². The van der Waals surface area contributed by atoms with E-state index in [-0.39, 0.29) is 5.92 Å². The number of carboxylic acid groups (broad SMARTS) is 1. The summed E-state index contributed by atoms with van der Waals surface area (Å²) < 4.78 is 0.874. The molecule has 19 heavy (non-hydrogen) atoms. The van der Waals surface area contributed by atoms with Gasteiger partial charge in [0.05, 0.1) is 11.1 Å². The van der Waals surface area contributed by atoms with E-state index in [1.54, 1.807) is 0 Å². The highest BCUT2D eigenvalue weighted by atomic mass is 79.9. The van der Waals surface area contributed by atoms with Gasteiger partial charge in [0.2, 0.25) is 0 Å². The molecule has 2 aromatic rings. The molecule has 0 amide bonds. The van der Waals surface area contributed by atoms with Crippen molar-refractivity contribution in [3.8, 4) is 0 Å². The number of aromatic carboxylic acids is 1. The van der Waals surface area contributed by atoms with Crippen LogP contribution in [0.15, 0.2) is 16.6 Å². The van der Waals surface area contributed by atoms with Crippen LogP contribution in [0.2, 0.25) is 0 Å². The van der Waals surface area contributed by atoms with Gasteiger partial charge in [0.1, 0.15) is 0 Å². The highest BCUT2D eigenvalue weighted by Gasteiger charge is 2.19. The number of fused-ring (bicyclic) bond motifs is 1. The lowest BCUT2D eigenvalue weighted by molar-refractivity contribution is 0.0698. The zero-order valence-corrected chi connectivity index (χ0v) is 13.0. The van der Waals surface area contributed by atoms with E-state index in [0.717, 1.165) is 26.8 Å². The second kappa shape index (κ2) is 4.93. The number of benzene rings is 1. The van der Waals surface area contributed by atoms with Gasteiger partial charge in [-0.15, -0.1) is 0 Å². The van der Waals surface area contributed by atoms with E-state index in [9.17, 15) is 9.90 Å². The van der Waals surface area contributed by atoms with Crippen LogP contribution in [-0.2, 0) is 0 Å². The van der Waals surface area contributed by atoms with Gasteiger partial charge in [-0.2, -0.15) is 0 Å². The van der Waals surface area contributed by atoms with E-state index in [4.69, 9.17) is 0 Å². The summed E-state index contributed by atoms with van der Waals surface area (Å²) in [6.45, 7) is 7.84. The van der Waals surface area contributed by atoms with Crippen molar-refractivity contribution >= 4 is 32.8 Å². The van der Waals surface area contributed by atoms with Gasteiger partial charge in [-0.3, -0.25) is 4.98 Å². The number of carboxylic acids is 1. The molecule has 0 aliphatic heterocycles. The van der Waals surface area contributed by atoms with Crippen molar-refractivity contribution in [1.29, 1.82) is 0 Å².